The number of rotatable bonds is 5. The van der Waals surface area contributed by atoms with Crippen LogP contribution in [0.15, 0.2) is 23.1 Å². The molecule has 0 radical (unpaired) electrons. The normalized spacial score (nSPS) is 15.6. The second kappa shape index (κ2) is 6.56. The molecule has 1 N–H and O–H groups in total. The molecule has 0 spiro atoms. The Bertz CT molecular complexity index is 486. The van der Waals surface area contributed by atoms with Gasteiger partial charge in [0, 0.05) is 29.6 Å². The number of carbonyl (C=O) groups is 1. The third kappa shape index (κ3) is 3.96. The lowest BCUT2D eigenvalue weighted by molar-refractivity contribution is -0.137. The van der Waals surface area contributed by atoms with Crippen LogP contribution in [0.25, 0.3) is 0 Å². The molecule has 1 atom stereocenters. The predicted octanol–water partition coefficient (Wildman–Crippen LogP) is 1.82. The molecule has 19 heavy (non-hydrogen) atoms. The van der Waals surface area contributed by atoms with E-state index in [-0.39, 0.29) is 6.42 Å². The molecule has 0 amide bonds. The van der Waals surface area contributed by atoms with Gasteiger partial charge in [0.1, 0.15) is 0 Å². The quantitative estimate of drug-likeness (QED) is 0.893. The summed E-state index contributed by atoms with van der Waals surface area (Å²) < 4.78 is 23.0. The molecule has 0 fully saturated rings. The zero-order chi connectivity index (χ0) is 13.7. The van der Waals surface area contributed by atoms with Gasteiger partial charge < -0.3 is 14.6 Å². The summed E-state index contributed by atoms with van der Waals surface area (Å²) in [5.41, 5.74) is 0. The minimum atomic E-state index is -1.20. The number of hydrogen-bond acceptors (Lipinski definition) is 4. The molecule has 104 valence electrons. The topological polar surface area (TPSA) is 72.8 Å². The Labute approximate surface area is 114 Å². The van der Waals surface area contributed by atoms with Gasteiger partial charge in [0.2, 0.25) is 0 Å². The Balaban J connectivity index is 2.02. The third-order valence-corrected chi connectivity index (χ3v) is 4.14. The zero-order valence-corrected chi connectivity index (χ0v) is 11.3. The lowest BCUT2D eigenvalue weighted by Crippen LogP contribution is -2.03. The van der Waals surface area contributed by atoms with Crippen molar-refractivity contribution in [3.63, 3.8) is 0 Å². The van der Waals surface area contributed by atoms with Crippen molar-refractivity contribution >= 4 is 16.8 Å². The summed E-state index contributed by atoms with van der Waals surface area (Å²) in [7, 11) is -1.20. The molecule has 1 aliphatic rings. The van der Waals surface area contributed by atoms with E-state index in [1.165, 1.54) is 0 Å². The maximum absolute atomic E-state index is 12.0. The summed E-state index contributed by atoms with van der Waals surface area (Å²) in [5, 5.41) is 8.55. The van der Waals surface area contributed by atoms with Crippen molar-refractivity contribution in [3.05, 3.63) is 18.2 Å². The third-order valence-electron chi connectivity index (χ3n) is 2.70. The number of hydrogen-bond donors (Lipinski definition) is 1. The fourth-order valence-corrected chi connectivity index (χ4v) is 2.86. The van der Waals surface area contributed by atoms with Gasteiger partial charge in [-0.15, -0.1) is 0 Å². The highest BCUT2D eigenvalue weighted by Gasteiger charge is 2.13. The van der Waals surface area contributed by atoms with Gasteiger partial charge in [-0.3, -0.25) is 9.00 Å². The van der Waals surface area contributed by atoms with Crippen LogP contribution in [0.2, 0.25) is 0 Å². The van der Waals surface area contributed by atoms with Crippen LogP contribution in [0.5, 0.6) is 11.5 Å². The molecule has 0 saturated heterocycles. The molecule has 0 saturated carbocycles. The van der Waals surface area contributed by atoms with Crippen molar-refractivity contribution in [2.45, 2.75) is 24.2 Å². The number of carboxylic acid groups (broad SMARTS) is 1. The first-order valence-electron chi connectivity index (χ1n) is 6.16. The van der Waals surface area contributed by atoms with E-state index in [0.29, 0.717) is 41.8 Å². The van der Waals surface area contributed by atoms with E-state index in [2.05, 4.69) is 0 Å². The highest BCUT2D eigenvalue weighted by molar-refractivity contribution is 7.85. The second-order valence-electron chi connectivity index (χ2n) is 4.21. The molecular formula is C13H16O5S. The number of aliphatic carboxylic acids is 1. The van der Waals surface area contributed by atoms with Crippen molar-refractivity contribution in [1.82, 2.24) is 0 Å². The Hall–Kier alpha value is -1.56. The van der Waals surface area contributed by atoms with Gasteiger partial charge >= 0.3 is 5.97 Å². The van der Waals surface area contributed by atoms with Crippen molar-refractivity contribution in [3.8, 4) is 11.5 Å². The molecule has 1 aromatic rings. The monoisotopic (exact) mass is 284 g/mol. The number of fused-ring (bicyclic) bond motifs is 1. The van der Waals surface area contributed by atoms with Crippen molar-refractivity contribution in [2.75, 3.05) is 19.0 Å². The van der Waals surface area contributed by atoms with Crippen molar-refractivity contribution in [1.29, 1.82) is 0 Å². The van der Waals surface area contributed by atoms with Gasteiger partial charge in [0.05, 0.1) is 24.0 Å². The molecule has 5 nitrogen and oxygen atoms in total. The number of carboxylic acids is 1. The average molecular weight is 284 g/mol. The minimum Gasteiger partial charge on any atom is -0.490 e. The smallest absolute Gasteiger partial charge is 0.303 e. The lowest BCUT2D eigenvalue weighted by Gasteiger charge is -2.09. The van der Waals surface area contributed by atoms with Crippen LogP contribution in [0.1, 0.15) is 19.3 Å². The van der Waals surface area contributed by atoms with E-state index in [1.807, 2.05) is 0 Å². The van der Waals surface area contributed by atoms with Gasteiger partial charge in [-0.05, 0) is 18.6 Å². The molecule has 2 rings (SSSR count). The maximum Gasteiger partial charge on any atom is 0.303 e. The van der Waals surface area contributed by atoms with Gasteiger partial charge in [0.15, 0.2) is 11.5 Å². The van der Waals surface area contributed by atoms with Crippen LogP contribution in [0.4, 0.5) is 0 Å². The average Bonchev–Trinajstić information content (AvgIpc) is 2.62. The summed E-state index contributed by atoms with van der Waals surface area (Å²) in [6, 6.07) is 5.22. The van der Waals surface area contributed by atoms with Gasteiger partial charge in [-0.2, -0.15) is 0 Å². The van der Waals surface area contributed by atoms with E-state index in [0.717, 1.165) is 6.42 Å². The Morgan fingerprint density at radius 1 is 1.26 bits per heavy atom. The number of benzene rings is 1. The van der Waals surface area contributed by atoms with Crippen LogP contribution in [0.3, 0.4) is 0 Å². The second-order valence-corrected chi connectivity index (χ2v) is 5.78. The first-order chi connectivity index (χ1) is 9.16. The van der Waals surface area contributed by atoms with Crippen LogP contribution >= 0.6 is 0 Å². The van der Waals surface area contributed by atoms with Crippen molar-refractivity contribution in [2.24, 2.45) is 0 Å². The molecule has 1 heterocycles. The Morgan fingerprint density at radius 3 is 2.74 bits per heavy atom. The fourth-order valence-electron chi connectivity index (χ4n) is 1.76. The fraction of sp³-hybridized carbons (Fsp3) is 0.462. The van der Waals surface area contributed by atoms with Crippen LogP contribution in [-0.2, 0) is 15.6 Å². The molecule has 6 heteroatoms. The summed E-state index contributed by atoms with van der Waals surface area (Å²) in [5.74, 6) is 0.757. The van der Waals surface area contributed by atoms with Crippen LogP contribution in [-0.4, -0.2) is 34.3 Å². The molecule has 1 aromatic carbocycles. The van der Waals surface area contributed by atoms with Gasteiger partial charge in [-0.1, -0.05) is 0 Å². The largest absolute Gasteiger partial charge is 0.490 e. The van der Waals surface area contributed by atoms with E-state index in [9.17, 15) is 9.00 Å². The summed E-state index contributed by atoms with van der Waals surface area (Å²) >= 11 is 0. The molecule has 1 unspecified atom stereocenters. The Morgan fingerprint density at radius 2 is 2.00 bits per heavy atom. The van der Waals surface area contributed by atoms with Gasteiger partial charge in [0.25, 0.3) is 0 Å². The minimum absolute atomic E-state index is 0.0380. The predicted molar refractivity (Wildman–Crippen MR) is 70.2 cm³/mol. The van der Waals surface area contributed by atoms with E-state index >= 15 is 0 Å². The molecular weight excluding hydrogens is 268 g/mol. The zero-order valence-electron chi connectivity index (χ0n) is 10.5. The first kappa shape index (κ1) is 13.9. The highest BCUT2D eigenvalue weighted by atomic mass is 32.2. The maximum atomic E-state index is 12.0. The molecule has 0 aliphatic carbocycles. The highest BCUT2D eigenvalue weighted by Crippen LogP contribution is 2.31. The summed E-state index contributed by atoms with van der Waals surface area (Å²) in [6.45, 7) is 1.20. The molecule has 1 aliphatic heterocycles. The Kier molecular flexibility index (Phi) is 4.79. The number of ether oxygens (including phenoxy) is 2. The molecule has 0 aromatic heterocycles. The van der Waals surface area contributed by atoms with Crippen LogP contribution < -0.4 is 9.47 Å². The first-order valence-corrected chi connectivity index (χ1v) is 7.48. The standard InChI is InChI=1S/C13H16O5S/c14-13(15)3-1-8-19(16)10-4-5-11-12(9-10)18-7-2-6-17-11/h4-5,9H,1-3,6-8H2,(H,14,15). The SMILES string of the molecule is O=C(O)CCCS(=O)c1ccc2c(c1)OCCCO2. The lowest BCUT2D eigenvalue weighted by atomic mass is 10.3. The van der Waals surface area contributed by atoms with Crippen molar-refractivity contribution < 1.29 is 23.6 Å². The van der Waals surface area contributed by atoms with Crippen LogP contribution in [0, 0.1) is 0 Å². The summed E-state index contributed by atoms with van der Waals surface area (Å²) in [4.78, 5) is 11.1. The van der Waals surface area contributed by atoms with E-state index in [4.69, 9.17) is 14.6 Å². The van der Waals surface area contributed by atoms with Gasteiger partial charge in [-0.25, -0.2) is 0 Å². The summed E-state index contributed by atoms with van der Waals surface area (Å²) in [6.07, 6.45) is 1.26. The van der Waals surface area contributed by atoms with E-state index < -0.39 is 16.8 Å². The molecule has 0 bridgehead atoms. The van der Waals surface area contributed by atoms with E-state index in [1.54, 1.807) is 18.2 Å².